The van der Waals surface area contributed by atoms with Gasteiger partial charge in [-0.15, -0.1) is 0 Å². The molecule has 0 bridgehead atoms. The molecule has 0 radical (unpaired) electrons. The van der Waals surface area contributed by atoms with E-state index in [1.165, 1.54) is 12.8 Å². The van der Waals surface area contributed by atoms with Crippen LogP contribution in [0.4, 0.5) is 0 Å². The van der Waals surface area contributed by atoms with Crippen molar-refractivity contribution in [1.29, 1.82) is 0 Å². The summed E-state index contributed by atoms with van der Waals surface area (Å²) >= 11 is 0. The summed E-state index contributed by atoms with van der Waals surface area (Å²) in [7, 11) is 0. The van der Waals surface area contributed by atoms with E-state index in [9.17, 15) is 0 Å². The number of nitrogens with zero attached hydrogens (tertiary/aromatic N) is 3. The zero-order valence-electron chi connectivity index (χ0n) is 8.93. The smallest absolute Gasteiger partial charge is 0.0568 e. The van der Waals surface area contributed by atoms with Gasteiger partial charge in [0.1, 0.15) is 0 Å². The van der Waals surface area contributed by atoms with E-state index in [-0.39, 0.29) is 0 Å². The topological polar surface area (TPSA) is 30.7 Å². The van der Waals surface area contributed by atoms with Crippen molar-refractivity contribution >= 4 is 0 Å². The van der Waals surface area contributed by atoms with Crippen molar-refractivity contribution in [3.05, 3.63) is 36.9 Å². The summed E-state index contributed by atoms with van der Waals surface area (Å²) in [5.74, 6) is 0. The third kappa shape index (κ3) is 2.43. The molecule has 0 aliphatic heterocycles. The Labute approximate surface area is 89.8 Å². The molecule has 0 aliphatic carbocycles. The van der Waals surface area contributed by atoms with Crippen molar-refractivity contribution in [2.75, 3.05) is 0 Å². The Morgan fingerprint density at radius 3 is 2.93 bits per heavy atom. The van der Waals surface area contributed by atoms with Gasteiger partial charge in [-0.25, -0.2) is 0 Å². The zero-order valence-corrected chi connectivity index (χ0v) is 8.93. The van der Waals surface area contributed by atoms with Crippen molar-refractivity contribution in [1.82, 2.24) is 14.8 Å². The maximum Gasteiger partial charge on any atom is 0.0568 e. The third-order valence-electron chi connectivity index (χ3n) is 2.37. The minimum absolute atomic E-state index is 0.997. The number of hydrogen-bond acceptors (Lipinski definition) is 2. The van der Waals surface area contributed by atoms with Crippen LogP contribution in [-0.4, -0.2) is 14.8 Å². The SMILES string of the molecule is CCCCn1cc(-c2cccnc2)cn1. The molecule has 0 atom stereocenters. The molecular weight excluding hydrogens is 186 g/mol. The lowest BCUT2D eigenvalue weighted by atomic mass is 10.2. The second-order valence-electron chi connectivity index (χ2n) is 3.59. The van der Waals surface area contributed by atoms with E-state index in [2.05, 4.69) is 23.2 Å². The fraction of sp³-hybridized carbons (Fsp3) is 0.333. The molecule has 0 amide bonds. The Morgan fingerprint density at radius 1 is 1.27 bits per heavy atom. The molecule has 2 rings (SSSR count). The molecule has 2 aromatic heterocycles. The van der Waals surface area contributed by atoms with Gasteiger partial charge in [0.15, 0.2) is 0 Å². The van der Waals surface area contributed by atoms with Gasteiger partial charge >= 0.3 is 0 Å². The first kappa shape index (κ1) is 9.90. The number of rotatable bonds is 4. The second-order valence-corrected chi connectivity index (χ2v) is 3.59. The molecule has 15 heavy (non-hydrogen) atoms. The Balaban J connectivity index is 2.14. The minimum Gasteiger partial charge on any atom is -0.272 e. The standard InChI is InChI=1S/C12H15N3/c1-2-3-7-15-10-12(9-14-15)11-5-4-6-13-8-11/h4-6,8-10H,2-3,7H2,1H3. The summed E-state index contributed by atoms with van der Waals surface area (Å²) < 4.78 is 1.99. The lowest BCUT2D eigenvalue weighted by Crippen LogP contribution is -1.96. The first-order chi connectivity index (χ1) is 7.40. The van der Waals surface area contributed by atoms with E-state index < -0.39 is 0 Å². The maximum absolute atomic E-state index is 4.32. The fourth-order valence-electron chi connectivity index (χ4n) is 1.49. The molecule has 0 unspecified atom stereocenters. The summed E-state index contributed by atoms with van der Waals surface area (Å²) in [6, 6.07) is 3.99. The van der Waals surface area contributed by atoms with Gasteiger partial charge in [-0.2, -0.15) is 5.10 Å². The highest BCUT2D eigenvalue weighted by Crippen LogP contribution is 2.16. The quantitative estimate of drug-likeness (QED) is 0.761. The number of aryl methyl sites for hydroxylation is 1. The largest absolute Gasteiger partial charge is 0.272 e. The van der Waals surface area contributed by atoms with Crippen molar-refractivity contribution in [3.63, 3.8) is 0 Å². The van der Waals surface area contributed by atoms with Gasteiger partial charge in [0.05, 0.1) is 6.20 Å². The van der Waals surface area contributed by atoms with Crippen LogP contribution in [0.2, 0.25) is 0 Å². The Morgan fingerprint density at radius 2 is 2.20 bits per heavy atom. The summed E-state index contributed by atoms with van der Waals surface area (Å²) in [5.41, 5.74) is 2.26. The molecule has 0 saturated heterocycles. The molecular formula is C12H15N3. The van der Waals surface area contributed by atoms with E-state index in [4.69, 9.17) is 0 Å². The van der Waals surface area contributed by atoms with Gasteiger partial charge in [-0.1, -0.05) is 19.4 Å². The molecule has 2 aromatic rings. The van der Waals surface area contributed by atoms with E-state index in [1.807, 2.05) is 29.2 Å². The normalized spacial score (nSPS) is 10.5. The minimum atomic E-state index is 0.997. The van der Waals surface area contributed by atoms with Gasteiger partial charge < -0.3 is 0 Å². The first-order valence-corrected chi connectivity index (χ1v) is 5.33. The van der Waals surface area contributed by atoms with Crippen molar-refractivity contribution in [2.24, 2.45) is 0 Å². The monoisotopic (exact) mass is 201 g/mol. The maximum atomic E-state index is 4.32. The molecule has 0 spiro atoms. The van der Waals surface area contributed by atoms with Gasteiger partial charge in [-0.3, -0.25) is 9.67 Å². The summed E-state index contributed by atoms with van der Waals surface area (Å²) in [6.45, 7) is 3.18. The van der Waals surface area contributed by atoms with Crippen molar-refractivity contribution < 1.29 is 0 Å². The summed E-state index contributed by atoms with van der Waals surface area (Å²) in [6.07, 6.45) is 9.99. The van der Waals surface area contributed by atoms with Crippen LogP contribution in [0.25, 0.3) is 11.1 Å². The number of aromatic nitrogens is 3. The highest BCUT2D eigenvalue weighted by atomic mass is 15.3. The van der Waals surface area contributed by atoms with Gasteiger partial charge in [0.25, 0.3) is 0 Å². The van der Waals surface area contributed by atoms with Crippen LogP contribution in [0.5, 0.6) is 0 Å². The van der Waals surface area contributed by atoms with Crippen LogP contribution >= 0.6 is 0 Å². The number of hydrogen-bond donors (Lipinski definition) is 0. The van der Waals surface area contributed by atoms with Crippen LogP contribution in [0.3, 0.4) is 0 Å². The van der Waals surface area contributed by atoms with Crippen LogP contribution in [0.15, 0.2) is 36.9 Å². The Bertz CT molecular complexity index is 406. The molecule has 0 fully saturated rings. The highest BCUT2D eigenvalue weighted by Gasteiger charge is 2.00. The molecule has 3 nitrogen and oxygen atoms in total. The van der Waals surface area contributed by atoms with Crippen molar-refractivity contribution in [3.8, 4) is 11.1 Å². The van der Waals surface area contributed by atoms with Gasteiger partial charge in [-0.05, 0) is 12.5 Å². The molecule has 0 N–H and O–H groups in total. The van der Waals surface area contributed by atoms with E-state index in [0.717, 1.165) is 17.7 Å². The van der Waals surface area contributed by atoms with Crippen LogP contribution in [-0.2, 0) is 6.54 Å². The molecule has 0 saturated carbocycles. The van der Waals surface area contributed by atoms with Crippen LogP contribution in [0, 0.1) is 0 Å². The van der Waals surface area contributed by atoms with Gasteiger partial charge in [0.2, 0.25) is 0 Å². The fourth-order valence-corrected chi connectivity index (χ4v) is 1.49. The predicted octanol–water partition coefficient (Wildman–Crippen LogP) is 2.75. The van der Waals surface area contributed by atoms with E-state index in [0.29, 0.717) is 0 Å². The summed E-state index contributed by atoms with van der Waals surface area (Å²) in [4.78, 5) is 4.10. The lowest BCUT2D eigenvalue weighted by Gasteiger charge is -1.97. The summed E-state index contributed by atoms with van der Waals surface area (Å²) in [5, 5.41) is 4.32. The van der Waals surface area contributed by atoms with E-state index >= 15 is 0 Å². The third-order valence-corrected chi connectivity index (χ3v) is 2.37. The molecule has 0 aromatic carbocycles. The molecule has 0 aliphatic rings. The van der Waals surface area contributed by atoms with Crippen molar-refractivity contribution in [2.45, 2.75) is 26.3 Å². The Hall–Kier alpha value is -1.64. The molecule has 3 heteroatoms. The average Bonchev–Trinajstić information content (AvgIpc) is 2.76. The number of pyridine rings is 1. The average molecular weight is 201 g/mol. The van der Waals surface area contributed by atoms with Crippen LogP contribution in [0.1, 0.15) is 19.8 Å². The van der Waals surface area contributed by atoms with Gasteiger partial charge in [0, 0.05) is 36.3 Å². The molecule has 78 valence electrons. The predicted molar refractivity (Wildman–Crippen MR) is 60.4 cm³/mol. The zero-order chi connectivity index (χ0) is 10.5. The van der Waals surface area contributed by atoms with Crippen LogP contribution < -0.4 is 0 Å². The first-order valence-electron chi connectivity index (χ1n) is 5.33. The lowest BCUT2D eigenvalue weighted by molar-refractivity contribution is 0.572. The van der Waals surface area contributed by atoms with E-state index in [1.54, 1.807) is 6.20 Å². The Kier molecular flexibility index (Phi) is 3.12. The second kappa shape index (κ2) is 4.73. The molecule has 2 heterocycles. The number of unbranched alkanes of at least 4 members (excludes halogenated alkanes) is 1. The highest BCUT2D eigenvalue weighted by molar-refractivity contribution is 5.59.